The largest absolute Gasteiger partial charge is 0.309 e. The quantitative estimate of drug-likeness (QED) is 0.547. The zero-order chi connectivity index (χ0) is 12.7. The van der Waals surface area contributed by atoms with Crippen LogP contribution in [0.2, 0.25) is 0 Å². The van der Waals surface area contributed by atoms with Gasteiger partial charge in [-0.15, -0.1) is 11.8 Å². The fourth-order valence-corrected chi connectivity index (χ4v) is 2.48. The normalized spacial score (nSPS) is 10.8. The molecule has 0 heterocycles. The lowest BCUT2D eigenvalue weighted by Gasteiger charge is -2.08. The van der Waals surface area contributed by atoms with E-state index in [2.05, 4.69) is 19.0 Å². The van der Waals surface area contributed by atoms with Crippen molar-refractivity contribution in [3.05, 3.63) is 29.8 Å². The molecule has 0 aliphatic heterocycles. The smallest absolute Gasteiger partial charge is 0.162 e. The van der Waals surface area contributed by atoms with Crippen molar-refractivity contribution < 1.29 is 4.79 Å². The summed E-state index contributed by atoms with van der Waals surface area (Å²) in [7, 11) is 4.15. The Morgan fingerprint density at radius 1 is 1.24 bits per heavy atom. The molecule has 0 aliphatic rings. The summed E-state index contributed by atoms with van der Waals surface area (Å²) in [6, 6.07) is 7.97. The topological polar surface area (TPSA) is 20.3 Å². The van der Waals surface area contributed by atoms with E-state index in [0.29, 0.717) is 6.42 Å². The zero-order valence-corrected chi connectivity index (χ0v) is 11.7. The summed E-state index contributed by atoms with van der Waals surface area (Å²) in [4.78, 5) is 15.1. The highest BCUT2D eigenvalue weighted by Gasteiger charge is 2.04. The van der Waals surface area contributed by atoms with Gasteiger partial charge in [-0.3, -0.25) is 4.79 Å². The number of Topliss-reactive ketones (excluding diaryl/α,β-unsaturated/α-hetero) is 1. The van der Waals surface area contributed by atoms with Gasteiger partial charge in [-0.2, -0.15) is 0 Å². The van der Waals surface area contributed by atoms with E-state index in [-0.39, 0.29) is 5.78 Å². The van der Waals surface area contributed by atoms with Crippen molar-refractivity contribution in [2.75, 3.05) is 26.4 Å². The van der Waals surface area contributed by atoms with Gasteiger partial charge in [0.25, 0.3) is 0 Å². The number of ketones is 1. The van der Waals surface area contributed by atoms with Crippen LogP contribution in [0.25, 0.3) is 0 Å². The van der Waals surface area contributed by atoms with Crippen molar-refractivity contribution >= 4 is 17.5 Å². The van der Waals surface area contributed by atoms with Crippen molar-refractivity contribution in [2.24, 2.45) is 0 Å². The summed E-state index contributed by atoms with van der Waals surface area (Å²) in [5.41, 5.74) is 0.837. The number of thioether (sulfide) groups is 1. The molecule has 1 rings (SSSR count). The first-order valence-corrected chi connectivity index (χ1v) is 7.03. The second kappa shape index (κ2) is 7.51. The van der Waals surface area contributed by atoms with E-state index in [1.165, 1.54) is 4.90 Å². The SMILES string of the molecule is CCCC(=O)c1ccc(SCCN(C)C)cc1. The summed E-state index contributed by atoms with van der Waals surface area (Å²) in [5, 5.41) is 0. The lowest BCUT2D eigenvalue weighted by atomic mass is 10.1. The molecule has 1 aromatic rings. The van der Waals surface area contributed by atoms with Gasteiger partial charge in [0, 0.05) is 29.2 Å². The average molecular weight is 251 g/mol. The molecule has 0 unspecified atom stereocenters. The van der Waals surface area contributed by atoms with E-state index in [1.54, 1.807) is 0 Å². The van der Waals surface area contributed by atoms with Crippen LogP contribution in [-0.2, 0) is 0 Å². The molecule has 1 aromatic carbocycles. The molecule has 0 aromatic heterocycles. The van der Waals surface area contributed by atoms with Crippen LogP contribution >= 0.6 is 11.8 Å². The monoisotopic (exact) mass is 251 g/mol. The van der Waals surface area contributed by atoms with Crippen molar-refractivity contribution in [3.8, 4) is 0 Å². The molecule has 17 heavy (non-hydrogen) atoms. The van der Waals surface area contributed by atoms with Crippen LogP contribution in [0.5, 0.6) is 0 Å². The summed E-state index contributed by atoms with van der Waals surface area (Å²) >= 11 is 1.83. The van der Waals surface area contributed by atoms with Crippen LogP contribution in [0.15, 0.2) is 29.2 Å². The summed E-state index contributed by atoms with van der Waals surface area (Å²) in [6.07, 6.45) is 1.56. The van der Waals surface area contributed by atoms with E-state index in [1.807, 2.05) is 43.0 Å². The van der Waals surface area contributed by atoms with Gasteiger partial charge >= 0.3 is 0 Å². The second-order valence-corrected chi connectivity index (χ2v) is 5.52. The van der Waals surface area contributed by atoms with Gasteiger partial charge in [-0.25, -0.2) is 0 Å². The van der Waals surface area contributed by atoms with Crippen LogP contribution in [0.3, 0.4) is 0 Å². The molecule has 3 heteroatoms. The van der Waals surface area contributed by atoms with Gasteiger partial charge in [-0.05, 0) is 32.6 Å². The fraction of sp³-hybridized carbons (Fsp3) is 0.500. The molecule has 0 N–H and O–H groups in total. The molecule has 94 valence electrons. The maximum Gasteiger partial charge on any atom is 0.162 e. The summed E-state index contributed by atoms with van der Waals surface area (Å²) in [6.45, 7) is 3.10. The molecular formula is C14H21NOS. The number of rotatable bonds is 7. The van der Waals surface area contributed by atoms with Crippen LogP contribution in [0, 0.1) is 0 Å². The molecule has 0 bridgehead atoms. The predicted molar refractivity (Wildman–Crippen MR) is 75.0 cm³/mol. The molecular weight excluding hydrogens is 230 g/mol. The first-order valence-electron chi connectivity index (χ1n) is 6.04. The third kappa shape index (κ3) is 5.37. The lowest BCUT2D eigenvalue weighted by molar-refractivity contribution is 0.0981. The molecule has 0 atom stereocenters. The first kappa shape index (κ1) is 14.3. The highest BCUT2D eigenvalue weighted by molar-refractivity contribution is 7.99. The third-order valence-electron chi connectivity index (χ3n) is 2.46. The Morgan fingerprint density at radius 2 is 1.88 bits per heavy atom. The Kier molecular flexibility index (Phi) is 6.30. The highest BCUT2D eigenvalue weighted by Crippen LogP contribution is 2.19. The van der Waals surface area contributed by atoms with Crippen molar-refractivity contribution in [3.63, 3.8) is 0 Å². The number of hydrogen-bond acceptors (Lipinski definition) is 3. The molecule has 0 saturated heterocycles. The molecule has 0 radical (unpaired) electrons. The van der Waals surface area contributed by atoms with Crippen LogP contribution < -0.4 is 0 Å². The standard InChI is InChI=1S/C14H21NOS/c1-4-5-14(16)12-6-8-13(9-7-12)17-11-10-15(2)3/h6-9H,4-5,10-11H2,1-3H3. The Hall–Kier alpha value is -0.800. The highest BCUT2D eigenvalue weighted by atomic mass is 32.2. The van der Waals surface area contributed by atoms with Gasteiger partial charge in [0.15, 0.2) is 5.78 Å². The van der Waals surface area contributed by atoms with Gasteiger partial charge in [0.2, 0.25) is 0 Å². The second-order valence-electron chi connectivity index (χ2n) is 4.35. The molecule has 0 amide bonds. The number of carbonyl (C=O) groups excluding carboxylic acids is 1. The zero-order valence-electron chi connectivity index (χ0n) is 10.9. The van der Waals surface area contributed by atoms with E-state index < -0.39 is 0 Å². The average Bonchev–Trinajstić information content (AvgIpc) is 2.30. The van der Waals surface area contributed by atoms with Gasteiger partial charge in [-0.1, -0.05) is 19.1 Å². The summed E-state index contributed by atoms with van der Waals surface area (Å²) in [5.74, 6) is 1.33. The van der Waals surface area contributed by atoms with Crippen molar-refractivity contribution in [2.45, 2.75) is 24.7 Å². The van der Waals surface area contributed by atoms with Gasteiger partial charge in [0.1, 0.15) is 0 Å². The number of carbonyl (C=O) groups is 1. The maximum absolute atomic E-state index is 11.6. The fourth-order valence-electron chi connectivity index (χ4n) is 1.45. The number of benzene rings is 1. The predicted octanol–water partition coefficient (Wildman–Crippen LogP) is 3.32. The summed E-state index contributed by atoms with van der Waals surface area (Å²) < 4.78 is 0. The Labute approximate surface area is 108 Å². The first-order chi connectivity index (χ1) is 8.13. The Morgan fingerprint density at radius 3 is 2.41 bits per heavy atom. The minimum atomic E-state index is 0.248. The van der Waals surface area contributed by atoms with Crippen LogP contribution in [0.4, 0.5) is 0 Å². The van der Waals surface area contributed by atoms with Crippen LogP contribution in [0.1, 0.15) is 30.1 Å². The number of hydrogen-bond donors (Lipinski definition) is 0. The third-order valence-corrected chi connectivity index (χ3v) is 3.45. The van der Waals surface area contributed by atoms with Gasteiger partial charge in [0.05, 0.1) is 0 Å². The minimum Gasteiger partial charge on any atom is -0.309 e. The van der Waals surface area contributed by atoms with Crippen LogP contribution in [-0.4, -0.2) is 37.1 Å². The molecule has 0 fully saturated rings. The van der Waals surface area contributed by atoms with E-state index in [0.717, 1.165) is 24.3 Å². The van der Waals surface area contributed by atoms with Crippen molar-refractivity contribution in [1.82, 2.24) is 4.90 Å². The van der Waals surface area contributed by atoms with E-state index in [9.17, 15) is 4.79 Å². The maximum atomic E-state index is 11.6. The van der Waals surface area contributed by atoms with E-state index in [4.69, 9.17) is 0 Å². The Balaban J connectivity index is 2.47. The van der Waals surface area contributed by atoms with E-state index >= 15 is 0 Å². The minimum absolute atomic E-state index is 0.248. The molecule has 2 nitrogen and oxygen atoms in total. The molecule has 0 aliphatic carbocycles. The molecule has 0 saturated carbocycles. The van der Waals surface area contributed by atoms with Crippen molar-refractivity contribution in [1.29, 1.82) is 0 Å². The lowest BCUT2D eigenvalue weighted by Crippen LogP contribution is -2.14. The van der Waals surface area contributed by atoms with Gasteiger partial charge < -0.3 is 4.90 Å². The Bertz CT molecular complexity index is 346. The number of nitrogens with zero attached hydrogens (tertiary/aromatic N) is 1. The molecule has 0 spiro atoms.